The number of rotatable bonds is 3. The zero-order valence-electron chi connectivity index (χ0n) is 6.73. The molecule has 1 aliphatic rings. The third kappa shape index (κ3) is 1.35. The highest BCUT2D eigenvalue weighted by molar-refractivity contribution is 5.69. The topological polar surface area (TPSA) is 42.2 Å². The Morgan fingerprint density at radius 2 is 2.42 bits per heavy atom. The van der Waals surface area contributed by atoms with Crippen molar-refractivity contribution in [2.45, 2.75) is 25.3 Å². The van der Waals surface area contributed by atoms with Gasteiger partial charge in [-0.25, -0.2) is 0 Å². The first-order chi connectivity index (χ1) is 5.77. The number of carbonyl (C=O) groups is 1. The summed E-state index contributed by atoms with van der Waals surface area (Å²) in [7, 11) is 0. The molecule has 0 saturated heterocycles. The molecule has 0 amide bonds. The molecule has 0 unspecified atom stereocenters. The molecule has 1 fully saturated rings. The molecular weight excluding hydrogens is 154 g/mol. The predicted octanol–water partition coefficient (Wildman–Crippen LogP) is 1.45. The van der Waals surface area contributed by atoms with Gasteiger partial charge in [0.25, 0.3) is 0 Å². The van der Waals surface area contributed by atoms with Gasteiger partial charge in [0.2, 0.25) is 0 Å². The van der Waals surface area contributed by atoms with Gasteiger partial charge in [0.05, 0.1) is 6.42 Å². The van der Waals surface area contributed by atoms with Crippen molar-refractivity contribution in [1.29, 1.82) is 0 Å². The average molecular weight is 165 g/mol. The Morgan fingerprint density at radius 1 is 1.67 bits per heavy atom. The van der Waals surface area contributed by atoms with Crippen LogP contribution >= 0.6 is 0 Å². The molecule has 12 heavy (non-hydrogen) atoms. The minimum atomic E-state index is -0.754. The summed E-state index contributed by atoms with van der Waals surface area (Å²) < 4.78 is 2.08. The fourth-order valence-corrected chi connectivity index (χ4v) is 1.44. The maximum atomic E-state index is 10.4. The van der Waals surface area contributed by atoms with Crippen LogP contribution in [0.1, 0.15) is 24.6 Å². The van der Waals surface area contributed by atoms with Crippen molar-refractivity contribution in [2.75, 3.05) is 0 Å². The van der Waals surface area contributed by atoms with Crippen LogP contribution in [0, 0.1) is 0 Å². The molecule has 0 aliphatic heterocycles. The summed E-state index contributed by atoms with van der Waals surface area (Å²) in [4.78, 5) is 10.4. The normalized spacial score (nSPS) is 16.3. The molecule has 3 heteroatoms. The molecule has 1 N–H and O–H groups in total. The molecule has 1 aromatic heterocycles. The highest BCUT2D eigenvalue weighted by Gasteiger charge is 2.24. The molecule has 1 saturated carbocycles. The van der Waals surface area contributed by atoms with Crippen LogP contribution in [0.4, 0.5) is 0 Å². The van der Waals surface area contributed by atoms with Gasteiger partial charge in [-0.3, -0.25) is 4.79 Å². The van der Waals surface area contributed by atoms with Crippen LogP contribution in [-0.4, -0.2) is 15.6 Å². The second-order valence-electron chi connectivity index (χ2n) is 3.21. The van der Waals surface area contributed by atoms with Gasteiger partial charge >= 0.3 is 5.97 Å². The monoisotopic (exact) mass is 165 g/mol. The van der Waals surface area contributed by atoms with Gasteiger partial charge in [-0.1, -0.05) is 0 Å². The van der Waals surface area contributed by atoms with Crippen molar-refractivity contribution in [3.8, 4) is 0 Å². The van der Waals surface area contributed by atoms with Crippen molar-refractivity contribution in [2.24, 2.45) is 0 Å². The highest BCUT2D eigenvalue weighted by Crippen LogP contribution is 2.36. The molecule has 3 nitrogen and oxygen atoms in total. The Hall–Kier alpha value is -1.25. The van der Waals surface area contributed by atoms with Crippen LogP contribution in [0.15, 0.2) is 18.3 Å². The number of aromatic nitrogens is 1. The quantitative estimate of drug-likeness (QED) is 0.736. The fraction of sp³-hybridized carbons (Fsp3) is 0.444. The van der Waals surface area contributed by atoms with Gasteiger partial charge in [-0.15, -0.1) is 0 Å². The summed E-state index contributed by atoms with van der Waals surface area (Å²) in [6, 6.07) is 4.37. The average Bonchev–Trinajstić information content (AvgIpc) is 2.73. The standard InChI is InChI=1S/C9H11NO2/c11-9(12)6-8-2-1-5-10(8)7-3-4-7/h1-2,5,7H,3-4,6H2,(H,11,12). The second kappa shape index (κ2) is 2.66. The Morgan fingerprint density at radius 3 is 3.00 bits per heavy atom. The number of aliphatic carboxylic acids is 1. The van der Waals surface area contributed by atoms with E-state index in [9.17, 15) is 4.79 Å². The molecule has 0 radical (unpaired) electrons. The first-order valence-electron chi connectivity index (χ1n) is 4.15. The number of hydrogen-bond donors (Lipinski definition) is 1. The van der Waals surface area contributed by atoms with E-state index in [0.29, 0.717) is 6.04 Å². The van der Waals surface area contributed by atoms with E-state index in [1.54, 1.807) is 0 Å². The molecular formula is C9H11NO2. The molecule has 0 atom stereocenters. The Labute approximate surface area is 70.6 Å². The van der Waals surface area contributed by atoms with E-state index in [1.165, 1.54) is 12.8 Å². The summed E-state index contributed by atoms with van der Waals surface area (Å²) in [5, 5.41) is 8.60. The maximum absolute atomic E-state index is 10.4. The van der Waals surface area contributed by atoms with E-state index in [0.717, 1.165) is 5.69 Å². The largest absolute Gasteiger partial charge is 0.481 e. The van der Waals surface area contributed by atoms with Gasteiger partial charge < -0.3 is 9.67 Å². The van der Waals surface area contributed by atoms with Gasteiger partial charge in [-0.2, -0.15) is 0 Å². The Bertz CT molecular complexity index is 299. The molecule has 1 aromatic rings. The summed E-state index contributed by atoms with van der Waals surface area (Å²) in [5.74, 6) is -0.754. The number of carboxylic acid groups (broad SMARTS) is 1. The maximum Gasteiger partial charge on any atom is 0.309 e. The van der Waals surface area contributed by atoms with E-state index in [-0.39, 0.29) is 6.42 Å². The third-order valence-corrected chi connectivity index (χ3v) is 2.14. The van der Waals surface area contributed by atoms with Crippen molar-refractivity contribution in [3.05, 3.63) is 24.0 Å². The smallest absolute Gasteiger partial charge is 0.309 e. The van der Waals surface area contributed by atoms with Crippen LogP contribution in [-0.2, 0) is 11.2 Å². The number of carboxylic acids is 1. The lowest BCUT2D eigenvalue weighted by molar-refractivity contribution is -0.136. The van der Waals surface area contributed by atoms with Crippen molar-refractivity contribution in [1.82, 2.24) is 4.57 Å². The minimum Gasteiger partial charge on any atom is -0.481 e. The lowest BCUT2D eigenvalue weighted by atomic mass is 10.3. The molecule has 0 bridgehead atoms. The Balaban J connectivity index is 2.18. The summed E-state index contributed by atoms with van der Waals surface area (Å²) in [6.45, 7) is 0. The van der Waals surface area contributed by atoms with Crippen LogP contribution in [0.5, 0.6) is 0 Å². The van der Waals surface area contributed by atoms with Gasteiger partial charge in [-0.05, 0) is 25.0 Å². The van der Waals surface area contributed by atoms with E-state index >= 15 is 0 Å². The predicted molar refractivity (Wildman–Crippen MR) is 44.0 cm³/mol. The lowest BCUT2D eigenvalue weighted by Crippen LogP contribution is -2.06. The molecule has 1 aliphatic carbocycles. The van der Waals surface area contributed by atoms with E-state index in [1.807, 2.05) is 18.3 Å². The molecule has 1 heterocycles. The summed E-state index contributed by atoms with van der Waals surface area (Å²) in [6.07, 6.45) is 4.50. The van der Waals surface area contributed by atoms with E-state index in [2.05, 4.69) is 4.57 Å². The fourth-order valence-electron chi connectivity index (χ4n) is 1.44. The van der Waals surface area contributed by atoms with Gasteiger partial charge in [0, 0.05) is 17.9 Å². The lowest BCUT2D eigenvalue weighted by Gasteiger charge is -2.04. The molecule has 0 aromatic carbocycles. The van der Waals surface area contributed by atoms with Crippen molar-refractivity contribution >= 4 is 5.97 Å². The SMILES string of the molecule is O=C(O)Cc1cccn1C1CC1. The summed E-state index contributed by atoms with van der Waals surface area (Å²) in [5.41, 5.74) is 0.921. The van der Waals surface area contributed by atoms with Crippen molar-refractivity contribution < 1.29 is 9.90 Å². The van der Waals surface area contributed by atoms with Gasteiger partial charge in [0.15, 0.2) is 0 Å². The summed E-state index contributed by atoms with van der Waals surface area (Å²) >= 11 is 0. The minimum absolute atomic E-state index is 0.142. The Kier molecular flexibility index (Phi) is 1.64. The first-order valence-corrected chi connectivity index (χ1v) is 4.15. The zero-order chi connectivity index (χ0) is 8.55. The molecule has 0 spiro atoms. The van der Waals surface area contributed by atoms with Crippen LogP contribution in [0.3, 0.4) is 0 Å². The molecule has 64 valence electrons. The van der Waals surface area contributed by atoms with Crippen LogP contribution in [0.25, 0.3) is 0 Å². The van der Waals surface area contributed by atoms with Gasteiger partial charge in [0.1, 0.15) is 0 Å². The first kappa shape index (κ1) is 7.40. The zero-order valence-corrected chi connectivity index (χ0v) is 6.73. The van der Waals surface area contributed by atoms with E-state index in [4.69, 9.17) is 5.11 Å². The third-order valence-electron chi connectivity index (χ3n) is 2.14. The van der Waals surface area contributed by atoms with Crippen LogP contribution < -0.4 is 0 Å². The number of nitrogens with zero attached hydrogens (tertiary/aromatic N) is 1. The van der Waals surface area contributed by atoms with Crippen molar-refractivity contribution in [3.63, 3.8) is 0 Å². The van der Waals surface area contributed by atoms with E-state index < -0.39 is 5.97 Å². The second-order valence-corrected chi connectivity index (χ2v) is 3.21. The van der Waals surface area contributed by atoms with Crippen LogP contribution in [0.2, 0.25) is 0 Å². The number of hydrogen-bond acceptors (Lipinski definition) is 1. The molecule has 2 rings (SSSR count). The highest BCUT2D eigenvalue weighted by atomic mass is 16.4.